The number of rotatable bonds is 4. The fourth-order valence-corrected chi connectivity index (χ4v) is 3.83. The number of phenolic OH excluding ortho intramolecular Hbond substituents is 3. The molecule has 36 heavy (non-hydrogen) atoms. The fraction of sp³-hybridized carbons (Fsp3) is 0.0952. The lowest BCUT2D eigenvalue weighted by Gasteiger charge is -2.15. The van der Waals surface area contributed by atoms with Gasteiger partial charge in [0.15, 0.2) is 22.9 Å². The normalized spacial score (nSPS) is 11.6. The number of aromatic hydroxyl groups is 3. The van der Waals surface area contributed by atoms with Crippen molar-refractivity contribution >= 4 is 29.2 Å². The zero-order valence-corrected chi connectivity index (χ0v) is 19.1. The van der Waals surface area contributed by atoms with Crippen molar-refractivity contribution in [2.75, 3.05) is 7.11 Å². The van der Waals surface area contributed by atoms with Crippen LogP contribution in [0.3, 0.4) is 0 Å². The van der Waals surface area contributed by atoms with E-state index in [1.54, 1.807) is 0 Å². The first kappa shape index (κ1) is 25.1. The molecule has 0 saturated heterocycles. The molecule has 0 atom stereocenters. The van der Waals surface area contributed by atoms with E-state index in [4.69, 9.17) is 27.7 Å². The smallest absolute Gasteiger partial charge is 0.434 e. The molecule has 0 unspecified atom stereocenters. The Labute approximate surface area is 207 Å². The second-order valence-electron chi connectivity index (χ2n) is 7.07. The molecule has 0 radical (unpaired) electrons. The molecule has 0 spiro atoms. The number of phenols is 3. The van der Waals surface area contributed by atoms with Gasteiger partial charge in [0.2, 0.25) is 0 Å². The molecule has 188 valence electrons. The Hall–Kier alpha value is -3.97. The molecule has 9 nitrogen and oxygen atoms in total. The summed E-state index contributed by atoms with van der Waals surface area (Å²) in [5.41, 5.74) is -5.16. The van der Waals surface area contributed by atoms with Crippen LogP contribution in [0.2, 0.25) is 10.0 Å². The minimum absolute atomic E-state index is 0.0741. The second kappa shape index (κ2) is 8.91. The van der Waals surface area contributed by atoms with Gasteiger partial charge in [0.05, 0.1) is 29.5 Å². The molecule has 2 aromatic heterocycles. The van der Waals surface area contributed by atoms with Crippen LogP contribution in [-0.4, -0.2) is 43.3 Å². The van der Waals surface area contributed by atoms with Gasteiger partial charge in [0, 0.05) is 6.07 Å². The van der Waals surface area contributed by atoms with E-state index in [-0.39, 0.29) is 9.70 Å². The molecular formula is C21H11Cl2F4N3O6. The molecule has 2 heterocycles. The van der Waals surface area contributed by atoms with Crippen molar-refractivity contribution < 1.29 is 46.9 Å². The number of aromatic nitrogens is 3. The topological polar surface area (TPSA) is 131 Å². The maximum atomic E-state index is 14.5. The number of nitrogens with zero attached hydrogens (tertiary/aromatic N) is 3. The lowest BCUT2D eigenvalue weighted by Crippen LogP contribution is -2.15. The van der Waals surface area contributed by atoms with Crippen LogP contribution >= 0.6 is 23.2 Å². The number of esters is 1. The van der Waals surface area contributed by atoms with Gasteiger partial charge in [-0.25, -0.2) is 13.9 Å². The number of hydrogen-bond acceptors (Lipinski definition) is 8. The number of benzene rings is 2. The van der Waals surface area contributed by atoms with Crippen LogP contribution in [0.25, 0.3) is 28.3 Å². The first-order valence-electron chi connectivity index (χ1n) is 9.50. The van der Waals surface area contributed by atoms with Gasteiger partial charge in [-0.1, -0.05) is 34.4 Å². The average molecular weight is 548 g/mol. The van der Waals surface area contributed by atoms with Gasteiger partial charge in [0.25, 0.3) is 0 Å². The van der Waals surface area contributed by atoms with Gasteiger partial charge < -0.3 is 24.6 Å². The van der Waals surface area contributed by atoms with E-state index in [9.17, 15) is 37.7 Å². The SMILES string of the molecule is COC(=O)c1c(-c2c(F)cccc2Cl)noc1-c1cnn(-c2c(O)cc(O)c(Cl)c2O)c1C(F)(F)F. The van der Waals surface area contributed by atoms with Gasteiger partial charge >= 0.3 is 12.1 Å². The number of hydrogen-bond donors (Lipinski definition) is 3. The van der Waals surface area contributed by atoms with Gasteiger partial charge in [-0.3, -0.25) is 0 Å². The molecule has 0 aliphatic rings. The van der Waals surface area contributed by atoms with Crippen molar-refractivity contribution in [3.63, 3.8) is 0 Å². The van der Waals surface area contributed by atoms with E-state index in [0.717, 1.165) is 13.2 Å². The molecule has 2 aromatic carbocycles. The van der Waals surface area contributed by atoms with E-state index in [0.29, 0.717) is 12.3 Å². The summed E-state index contributed by atoms with van der Waals surface area (Å²) in [5.74, 6) is -5.96. The Bertz CT molecular complexity index is 1500. The summed E-state index contributed by atoms with van der Waals surface area (Å²) in [4.78, 5) is 12.6. The second-order valence-corrected chi connectivity index (χ2v) is 7.85. The molecule has 3 N–H and O–H groups in total. The van der Waals surface area contributed by atoms with E-state index in [1.807, 2.05) is 0 Å². The molecule has 0 aliphatic heterocycles. The first-order chi connectivity index (χ1) is 16.9. The van der Waals surface area contributed by atoms with E-state index < -0.39 is 79.8 Å². The van der Waals surface area contributed by atoms with Crippen molar-refractivity contribution in [1.29, 1.82) is 0 Å². The average Bonchev–Trinajstić information content (AvgIpc) is 3.41. The minimum atomic E-state index is -5.24. The minimum Gasteiger partial charge on any atom is -0.506 e. The number of alkyl halides is 3. The summed E-state index contributed by atoms with van der Waals surface area (Å²) >= 11 is 11.7. The van der Waals surface area contributed by atoms with Crippen LogP contribution in [0.4, 0.5) is 17.6 Å². The molecule has 4 rings (SSSR count). The van der Waals surface area contributed by atoms with Crippen molar-refractivity contribution in [2.24, 2.45) is 0 Å². The van der Waals surface area contributed by atoms with Gasteiger partial charge in [-0.2, -0.15) is 18.3 Å². The first-order valence-corrected chi connectivity index (χ1v) is 10.3. The summed E-state index contributed by atoms with van der Waals surface area (Å²) < 4.78 is 67.1. The summed E-state index contributed by atoms with van der Waals surface area (Å²) in [6.45, 7) is 0. The lowest BCUT2D eigenvalue weighted by molar-refractivity contribution is -0.142. The highest BCUT2D eigenvalue weighted by molar-refractivity contribution is 6.34. The van der Waals surface area contributed by atoms with E-state index in [2.05, 4.69) is 15.0 Å². The molecule has 0 aliphatic carbocycles. The van der Waals surface area contributed by atoms with Crippen molar-refractivity contribution in [3.05, 3.63) is 57.6 Å². The molecule has 4 aromatic rings. The quantitative estimate of drug-likeness (QED) is 0.223. The molecule has 0 fully saturated rings. The number of carbonyl (C=O) groups excluding carboxylic acids is 1. The van der Waals surface area contributed by atoms with Crippen LogP contribution in [0, 0.1) is 5.82 Å². The number of halogens is 6. The Morgan fingerprint density at radius 1 is 1.17 bits per heavy atom. The van der Waals surface area contributed by atoms with E-state index >= 15 is 0 Å². The molecule has 0 amide bonds. The monoisotopic (exact) mass is 547 g/mol. The maximum absolute atomic E-state index is 14.5. The number of carbonyl (C=O) groups is 1. The predicted molar refractivity (Wildman–Crippen MR) is 116 cm³/mol. The van der Waals surface area contributed by atoms with Crippen molar-refractivity contribution in [3.8, 4) is 45.5 Å². The third kappa shape index (κ3) is 3.95. The summed E-state index contributed by atoms with van der Waals surface area (Å²) in [6.07, 6.45) is -4.65. The number of methoxy groups -OCH3 is 1. The third-order valence-electron chi connectivity index (χ3n) is 4.95. The van der Waals surface area contributed by atoms with Gasteiger partial charge in [0.1, 0.15) is 33.6 Å². The van der Waals surface area contributed by atoms with Crippen LogP contribution in [-0.2, 0) is 10.9 Å². The number of ether oxygens (including phenoxy) is 1. The van der Waals surface area contributed by atoms with Crippen molar-refractivity contribution in [2.45, 2.75) is 6.18 Å². The van der Waals surface area contributed by atoms with Crippen LogP contribution in [0.5, 0.6) is 17.2 Å². The zero-order valence-electron chi connectivity index (χ0n) is 17.6. The zero-order chi connectivity index (χ0) is 26.5. The maximum Gasteiger partial charge on any atom is 0.434 e. The Morgan fingerprint density at radius 2 is 1.86 bits per heavy atom. The predicted octanol–water partition coefficient (Wildman–Crippen LogP) is 5.56. The third-order valence-corrected chi connectivity index (χ3v) is 5.64. The Kier molecular flexibility index (Phi) is 6.22. The van der Waals surface area contributed by atoms with Crippen molar-refractivity contribution in [1.82, 2.24) is 14.9 Å². The fourth-order valence-electron chi connectivity index (χ4n) is 3.43. The highest BCUT2D eigenvalue weighted by atomic mass is 35.5. The molecular weight excluding hydrogens is 537 g/mol. The lowest BCUT2D eigenvalue weighted by atomic mass is 10.0. The standard InChI is InChI=1S/C21H11Cl2F4N3O6/c1-35-20(34)13-15(12-8(22)3-2-4-9(12)24)29-36-18(13)7-6-28-30(19(7)21(25,26)27)16-11(32)5-10(31)14(23)17(16)33/h2-6,31-33H,1H3. The van der Waals surface area contributed by atoms with Crippen LogP contribution in [0.1, 0.15) is 16.1 Å². The Balaban J connectivity index is 2.06. The Morgan fingerprint density at radius 3 is 2.47 bits per heavy atom. The summed E-state index contributed by atoms with van der Waals surface area (Å²) in [7, 11) is 0.925. The largest absolute Gasteiger partial charge is 0.506 e. The summed E-state index contributed by atoms with van der Waals surface area (Å²) in [6, 6.07) is 4.09. The van der Waals surface area contributed by atoms with Crippen LogP contribution < -0.4 is 0 Å². The molecule has 15 heteroatoms. The molecule has 0 bridgehead atoms. The molecule has 0 saturated carbocycles. The van der Waals surface area contributed by atoms with Gasteiger partial charge in [-0.05, 0) is 12.1 Å². The van der Waals surface area contributed by atoms with Gasteiger partial charge in [-0.15, -0.1) is 0 Å². The van der Waals surface area contributed by atoms with E-state index in [1.165, 1.54) is 12.1 Å². The highest BCUT2D eigenvalue weighted by Crippen LogP contribution is 2.48. The highest BCUT2D eigenvalue weighted by Gasteiger charge is 2.43. The summed E-state index contributed by atoms with van der Waals surface area (Å²) in [5, 5.41) is 36.1. The van der Waals surface area contributed by atoms with Crippen LogP contribution in [0.15, 0.2) is 35.0 Å².